The van der Waals surface area contributed by atoms with E-state index in [1.807, 2.05) is 13.0 Å². The van der Waals surface area contributed by atoms with E-state index in [1.165, 1.54) is 6.92 Å². The Morgan fingerprint density at radius 1 is 1.56 bits per heavy atom. The van der Waals surface area contributed by atoms with Gasteiger partial charge in [0, 0.05) is 24.8 Å². The first-order chi connectivity index (χ1) is 8.60. The fourth-order valence-corrected chi connectivity index (χ4v) is 2.11. The van der Waals surface area contributed by atoms with Crippen molar-refractivity contribution >= 4 is 11.6 Å². The number of aliphatic hydroxyl groups is 1. The van der Waals surface area contributed by atoms with Crippen LogP contribution >= 0.6 is 0 Å². The molecule has 0 spiro atoms. The molecule has 0 bridgehead atoms. The van der Waals surface area contributed by atoms with Crippen LogP contribution in [0.2, 0.25) is 0 Å². The second kappa shape index (κ2) is 5.46. The molecule has 2 rings (SSSR count). The Balaban J connectivity index is 2.12. The highest BCUT2D eigenvalue weighted by Crippen LogP contribution is 2.18. The number of ether oxygens (including phenoxy) is 1. The maximum absolute atomic E-state index is 11.2. The zero-order valence-corrected chi connectivity index (χ0v) is 10.7. The molecule has 1 aliphatic rings. The van der Waals surface area contributed by atoms with Crippen molar-refractivity contribution in [3.63, 3.8) is 0 Å². The van der Waals surface area contributed by atoms with Crippen molar-refractivity contribution in [2.75, 3.05) is 24.6 Å². The molecule has 0 aliphatic carbocycles. The predicted molar refractivity (Wildman–Crippen MR) is 67.9 cm³/mol. The molecule has 5 nitrogen and oxygen atoms in total. The largest absolute Gasteiger partial charge is 0.394 e. The van der Waals surface area contributed by atoms with Crippen LogP contribution < -0.4 is 4.90 Å². The summed E-state index contributed by atoms with van der Waals surface area (Å²) in [5.74, 6) is 0.825. The van der Waals surface area contributed by atoms with Crippen LogP contribution in [-0.2, 0) is 4.74 Å². The maximum atomic E-state index is 11.2. The number of carbonyl (C=O) groups excluding carboxylic acids is 1. The van der Waals surface area contributed by atoms with Gasteiger partial charge in [-0.3, -0.25) is 4.79 Å². The number of carbonyl (C=O) groups is 1. The lowest BCUT2D eigenvalue weighted by Gasteiger charge is -2.36. The van der Waals surface area contributed by atoms with E-state index in [2.05, 4.69) is 9.88 Å². The van der Waals surface area contributed by atoms with Gasteiger partial charge in [-0.25, -0.2) is 4.98 Å². The molecular weight excluding hydrogens is 232 g/mol. The van der Waals surface area contributed by atoms with Crippen molar-refractivity contribution in [1.29, 1.82) is 0 Å². The summed E-state index contributed by atoms with van der Waals surface area (Å²) in [7, 11) is 0. The van der Waals surface area contributed by atoms with E-state index in [0.29, 0.717) is 12.1 Å². The molecule has 0 saturated carbocycles. The third-order valence-corrected chi connectivity index (χ3v) is 3.01. The van der Waals surface area contributed by atoms with E-state index in [4.69, 9.17) is 4.74 Å². The number of hydrogen-bond donors (Lipinski definition) is 1. The molecule has 98 valence electrons. The summed E-state index contributed by atoms with van der Waals surface area (Å²) in [5.41, 5.74) is 0.610. The van der Waals surface area contributed by atoms with E-state index in [0.717, 1.165) is 12.4 Å². The predicted octanol–water partition coefficient (Wildman–Crippen LogP) is 0.870. The fourth-order valence-electron chi connectivity index (χ4n) is 2.11. The highest BCUT2D eigenvalue weighted by molar-refractivity contribution is 5.93. The molecule has 5 heteroatoms. The van der Waals surface area contributed by atoms with Gasteiger partial charge in [-0.2, -0.15) is 0 Å². The molecule has 0 aromatic carbocycles. The van der Waals surface area contributed by atoms with E-state index in [9.17, 15) is 9.90 Å². The van der Waals surface area contributed by atoms with Crippen LogP contribution in [0.5, 0.6) is 0 Å². The highest BCUT2D eigenvalue weighted by atomic mass is 16.5. The van der Waals surface area contributed by atoms with E-state index < -0.39 is 0 Å². The van der Waals surface area contributed by atoms with Crippen LogP contribution in [0.15, 0.2) is 18.3 Å². The molecule has 2 atom stereocenters. The van der Waals surface area contributed by atoms with Crippen LogP contribution in [0.1, 0.15) is 24.2 Å². The molecule has 2 unspecified atom stereocenters. The van der Waals surface area contributed by atoms with Crippen LogP contribution in [-0.4, -0.2) is 47.8 Å². The number of ketones is 1. The zero-order valence-electron chi connectivity index (χ0n) is 10.7. The lowest BCUT2D eigenvalue weighted by Crippen LogP contribution is -2.48. The lowest BCUT2D eigenvalue weighted by atomic mass is 10.2. The second-order valence-electron chi connectivity index (χ2n) is 4.62. The van der Waals surface area contributed by atoms with E-state index in [-0.39, 0.29) is 24.6 Å². The Kier molecular flexibility index (Phi) is 3.93. The summed E-state index contributed by atoms with van der Waals surface area (Å²) in [6, 6.07) is 3.61. The Morgan fingerprint density at radius 2 is 2.33 bits per heavy atom. The first-order valence-electron chi connectivity index (χ1n) is 6.08. The number of morpholine rings is 1. The van der Waals surface area contributed by atoms with Crippen molar-refractivity contribution in [2.24, 2.45) is 0 Å². The Hall–Kier alpha value is -1.46. The molecule has 1 aromatic heterocycles. The van der Waals surface area contributed by atoms with E-state index >= 15 is 0 Å². The molecule has 0 amide bonds. The first-order valence-corrected chi connectivity index (χ1v) is 6.08. The van der Waals surface area contributed by atoms with Crippen molar-refractivity contribution in [3.8, 4) is 0 Å². The van der Waals surface area contributed by atoms with Crippen LogP contribution in [0.3, 0.4) is 0 Å². The van der Waals surface area contributed by atoms with Gasteiger partial charge in [0.2, 0.25) is 0 Å². The van der Waals surface area contributed by atoms with Gasteiger partial charge in [-0.1, -0.05) is 0 Å². The summed E-state index contributed by atoms with van der Waals surface area (Å²) < 4.78 is 5.58. The number of hydrogen-bond acceptors (Lipinski definition) is 5. The molecule has 18 heavy (non-hydrogen) atoms. The number of pyridine rings is 1. The lowest BCUT2D eigenvalue weighted by molar-refractivity contribution is -0.0423. The molecule has 2 heterocycles. The molecule has 1 N–H and O–H groups in total. The second-order valence-corrected chi connectivity index (χ2v) is 4.62. The molecule has 1 fully saturated rings. The SMILES string of the molecule is CC(=O)c1ccc(N2CC(C)OC(CO)C2)nc1. The van der Waals surface area contributed by atoms with Crippen LogP contribution in [0.25, 0.3) is 0 Å². The average Bonchev–Trinajstić information content (AvgIpc) is 2.38. The quantitative estimate of drug-likeness (QED) is 0.806. The number of anilines is 1. The van der Waals surface area contributed by atoms with Crippen LogP contribution in [0, 0.1) is 0 Å². The summed E-state index contributed by atoms with van der Waals surface area (Å²) >= 11 is 0. The Labute approximate surface area is 106 Å². The van der Waals surface area contributed by atoms with Crippen molar-refractivity contribution in [3.05, 3.63) is 23.9 Å². The highest BCUT2D eigenvalue weighted by Gasteiger charge is 2.25. The summed E-state index contributed by atoms with van der Waals surface area (Å²) in [6.07, 6.45) is 1.47. The van der Waals surface area contributed by atoms with E-state index in [1.54, 1.807) is 12.3 Å². The Bertz CT molecular complexity index is 419. The molecule has 1 aliphatic heterocycles. The molecule has 0 radical (unpaired) electrons. The van der Waals surface area contributed by atoms with Gasteiger partial charge >= 0.3 is 0 Å². The van der Waals surface area contributed by atoms with Crippen molar-refractivity contribution < 1.29 is 14.6 Å². The maximum Gasteiger partial charge on any atom is 0.161 e. The third kappa shape index (κ3) is 2.86. The standard InChI is InChI=1S/C13H18N2O3/c1-9-6-15(7-12(8-16)18-9)13-4-3-11(5-14-13)10(2)17/h3-5,9,12,16H,6-8H2,1-2H3. The minimum Gasteiger partial charge on any atom is -0.394 e. The number of nitrogens with zero attached hydrogens (tertiary/aromatic N) is 2. The first kappa shape index (κ1) is 13.0. The number of rotatable bonds is 3. The van der Waals surface area contributed by atoms with Gasteiger partial charge in [0.05, 0.1) is 18.8 Å². The third-order valence-electron chi connectivity index (χ3n) is 3.01. The van der Waals surface area contributed by atoms with Crippen molar-refractivity contribution in [1.82, 2.24) is 4.98 Å². The monoisotopic (exact) mass is 250 g/mol. The minimum atomic E-state index is -0.178. The smallest absolute Gasteiger partial charge is 0.161 e. The minimum absolute atomic E-state index is 0.00632. The van der Waals surface area contributed by atoms with Gasteiger partial charge in [0.15, 0.2) is 5.78 Å². The Morgan fingerprint density at radius 3 is 2.89 bits per heavy atom. The van der Waals surface area contributed by atoms with Gasteiger partial charge in [-0.05, 0) is 26.0 Å². The van der Waals surface area contributed by atoms with Gasteiger partial charge in [0.1, 0.15) is 5.82 Å². The zero-order chi connectivity index (χ0) is 13.1. The topological polar surface area (TPSA) is 62.7 Å². The molecule has 1 saturated heterocycles. The molecular formula is C13H18N2O3. The van der Waals surface area contributed by atoms with Gasteiger partial charge in [-0.15, -0.1) is 0 Å². The van der Waals surface area contributed by atoms with Crippen LogP contribution in [0.4, 0.5) is 5.82 Å². The van der Waals surface area contributed by atoms with Gasteiger partial charge < -0.3 is 14.7 Å². The number of Topliss-reactive ketones (excluding diaryl/α,β-unsaturated/α-hetero) is 1. The van der Waals surface area contributed by atoms with Crippen molar-refractivity contribution in [2.45, 2.75) is 26.1 Å². The summed E-state index contributed by atoms with van der Waals surface area (Å²) in [5, 5.41) is 9.17. The summed E-state index contributed by atoms with van der Waals surface area (Å²) in [6.45, 7) is 4.86. The number of aromatic nitrogens is 1. The molecule has 1 aromatic rings. The summed E-state index contributed by atoms with van der Waals surface area (Å²) in [4.78, 5) is 17.5. The van der Waals surface area contributed by atoms with Gasteiger partial charge in [0.25, 0.3) is 0 Å². The normalized spacial score (nSPS) is 24.1. The number of aliphatic hydroxyl groups excluding tert-OH is 1. The fraction of sp³-hybridized carbons (Fsp3) is 0.538. The average molecular weight is 250 g/mol.